The van der Waals surface area contributed by atoms with Crippen LogP contribution in [0.4, 0.5) is 0 Å². The molecule has 0 bridgehead atoms. The van der Waals surface area contributed by atoms with E-state index in [1.165, 1.54) is 18.4 Å². The first kappa shape index (κ1) is 14.7. The number of carboxylic acid groups (broad SMARTS) is 1. The Kier molecular flexibility index (Phi) is 3.58. The van der Waals surface area contributed by atoms with E-state index < -0.39 is 12.0 Å². The Morgan fingerprint density at radius 2 is 1.91 bits per heavy atom. The molecule has 4 rings (SSSR count). The maximum atomic E-state index is 12.9. The molecule has 23 heavy (non-hydrogen) atoms. The van der Waals surface area contributed by atoms with E-state index in [1.54, 1.807) is 17.2 Å². The Morgan fingerprint density at radius 3 is 2.57 bits per heavy atom. The molecule has 1 N–H and O–H groups in total. The Hall–Kier alpha value is -1.91. The highest BCUT2D eigenvalue weighted by molar-refractivity contribution is 5.95. The molecule has 0 aromatic carbocycles. The van der Waals surface area contributed by atoms with Crippen molar-refractivity contribution in [1.82, 2.24) is 9.88 Å². The topological polar surface area (TPSA) is 70.5 Å². The SMILES string of the molecule is O=C(O)C1CC2CCCCC2N1C(=O)c1ccc(C2CC2)cn1. The molecule has 3 aliphatic rings. The van der Waals surface area contributed by atoms with Crippen molar-refractivity contribution in [3.05, 3.63) is 29.6 Å². The molecule has 0 radical (unpaired) electrons. The number of carbonyl (C=O) groups excluding carboxylic acids is 1. The summed E-state index contributed by atoms with van der Waals surface area (Å²) in [5.41, 5.74) is 1.57. The van der Waals surface area contributed by atoms with Crippen molar-refractivity contribution in [2.75, 3.05) is 0 Å². The van der Waals surface area contributed by atoms with Crippen molar-refractivity contribution in [2.45, 2.75) is 62.9 Å². The molecule has 1 aromatic rings. The number of pyridine rings is 1. The van der Waals surface area contributed by atoms with E-state index in [1.807, 2.05) is 6.07 Å². The Bertz CT molecular complexity index is 624. The Balaban J connectivity index is 1.60. The molecule has 1 saturated heterocycles. The molecule has 1 aliphatic heterocycles. The molecule has 122 valence electrons. The normalized spacial score (nSPS) is 30.1. The molecule has 2 aliphatic carbocycles. The molecular weight excluding hydrogens is 292 g/mol. The highest BCUT2D eigenvalue weighted by Gasteiger charge is 2.47. The number of aliphatic carboxylic acids is 1. The van der Waals surface area contributed by atoms with Crippen molar-refractivity contribution in [2.24, 2.45) is 5.92 Å². The number of rotatable bonds is 3. The van der Waals surface area contributed by atoms with Crippen LogP contribution in [0.1, 0.15) is 66.9 Å². The van der Waals surface area contributed by atoms with E-state index in [0.29, 0.717) is 24.0 Å². The van der Waals surface area contributed by atoms with Gasteiger partial charge in [0.15, 0.2) is 0 Å². The van der Waals surface area contributed by atoms with E-state index in [-0.39, 0.29) is 11.9 Å². The van der Waals surface area contributed by atoms with Gasteiger partial charge in [-0.25, -0.2) is 4.79 Å². The third-order valence-corrected chi connectivity index (χ3v) is 5.66. The molecule has 0 spiro atoms. The van der Waals surface area contributed by atoms with Gasteiger partial charge in [0.1, 0.15) is 11.7 Å². The quantitative estimate of drug-likeness (QED) is 0.931. The van der Waals surface area contributed by atoms with Gasteiger partial charge in [0.05, 0.1) is 0 Å². The second-order valence-electron chi connectivity index (χ2n) is 7.17. The second-order valence-corrected chi connectivity index (χ2v) is 7.17. The van der Waals surface area contributed by atoms with Crippen LogP contribution in [0.2, 0.25) is 0 Å². The van der Waals surface area contributed by atoms with Crippen LogP contribution >= 0.6 is 0 Å². The second kappa shape index (κ2) is 5.62. The lowest BCUT2D eigenvalue weighted by Crippen LogP contribution is -2.46. The lowest BCUT2D eigenvalue weighted by Gasteiger charge is -2.32. The average Bonchev–Trinajstić information content (AvgIpc) is 3.34. The number of amides is 1. The number of fused-ring (bicyclic) bond motifs is 1. The molecule has 5 heteroatoms. The first-order valence-electron chi connectivity index (χ1n) is 8.66. The first-order chi connectivity index (χ1) is 11.1. The van der Waals surface area contributed by atoms with E-state index >= 15 is 0 Å². The summed E-state index contributed by atoms with van der Waals surface area (Å²) in [6, 6.07) is 3.12. The van der Waals surface area contributed by atoms with Crippen molar-refractivity contribution < 1.29 is 14.7 Å². The van der Waals surface area contributed by atoms with Crippen LogP contribution in [0, 0.1) is 5.92 Å². The van der Waals surface area contributed by atoms with Crippen LogP contribution in [-0.2, 0) is 4.79 Å². The summed E-state index contributed by atoms with van der Waals surface area (Å²) in [4.78, 5) is 30.5. The molecule has 2 saturated carbocycles. The van der Waals surface area contributed by atoms with Gasteiger partial charge in [0.25, 0.3) is 5.91 Å². The van der Waals surface area contributed by atoms with Gasteiger partial charge in [0, 0.05) is 12.2 Å². The van der Waals surface area contributed by atoms with Crippen LogP contribution in [0.3, 0.4) is 0 Å². The van der Waals surface area contributed by atoms with Gasteiger partial charge in [-0.1, -0.05) is 18.9 Å². The van der Waals surface area contributed by atoms with Gasteiger partial charge in [-0.15, -0.1) is 0 Å². The zero-order valence-electron chi connectivity index (χ0n) is 13.1. The molecule has 3 fully saturated rings. The number of hydrogen-bond donors (Lipinski definition) is 1. The molecular formula is C18H22N2O3. The van der Waals surface area contributed by atoms with Crippen LogP contribution in [0.5, 0.6) is 0 Å². The van der Waals surface area contributed by atoms with Crippen molar-refractivity contribution in [3.63, 3.8) is 0 Å². The summed E-state index contributed by atoms with van der Waals surface area (Å²) in [6.07, 6.45) is 8.95. The molecule has 1 aromatic heterocycles. The van der Waals surface area contributed by atoms with Crippen LogP contribution in [-0.4, -0.2) is 39.0 Å². The predicted molar refractivity (Wildman–Crippen MR) is 84.2 cm³/mol. The fourth-order valence-corrected chi connectivity index (χ4v) is 4.29. The van der Waals surface area contributed by atoms with Gasteiger partial charge in [0.2, 0.25) is 0 Å². The van der Waals surface area contributed by atoms with E-state index in [9.17, 15) is 14.7 Å². The van der Waals surface area contributed by atoms with E-state index in [2.05, 4.69) is 4.98 Å². The number of carboxylic acids is 1. The van der Waals surface area contributed by atoms with E-state index in [0.717, 1.165) is 25.7 Å². The van der Waals surface area contributed by atoms with E-state index in [4.69, 9.17) is 0 Å². The summed E-state index contributed by atoms with van der Waals surface area (Å²) in [7, 11) is 0. The third-order valence-electron chi connectivity index (χ3n) is 5.66. The summed E-state index contributed by atoms with van der Waals surface area (Å²) in [5, 5.41) is 9.54. The summed E-state index contributed by atoms with van der Waals surface area (Å²) >= 11 is 0. The average molecular weight is 314 g/mol. The molecule has 3 atom stereocenters. The summed E-state index contributed by atoms with van der Waals surface area (Å²) < 4.78 is 0. The zero-order valence-corrected chi connectivity index (χ0v) is 13.1. The fraction of sp³-hybridized carbons (Fsp3) is 0.611. The number of likely N-dealkylation sites (tertiary alicyclic amines) is 1. The highest BCUT2D eigenvalue weighted by atomic mass is 16.4. The van der Waals surface area contributed by atoms with Gasteiger partial charge in [-0.05, 0) is 55.6 Å². The van der Waals surface area contributed by atoms with Gasteiger partial charge in [-0.3, -0.25) is 9.78 Å². The molecule has 5 nitrogen and oxygen atoms in total. The van der Waals surface area contributed by atoms with Gasteiger partial charge in [-0.2, -0.15) is 0 Å². The maximum absolute atomic E-state index is 12.9. The number of aromatic nitrogens is 1. The van der Waals surface area contributed by atoms with Crippen molar-refractivity contribution in [1.29, 1.82) is 0 Å². The third kappa shape index (κ3) is 2.62. The predicted octanol–water partition coefficient (Wildman–Crippen LogP) is 2.82. The molecule has 1 amide bonds. The molecule has 3 unspecified atom stereocenters. The lowest BCUT2D eigenvalue weighted by molar-refractivity contribution is -0.141. The number of hydrogen-bond acceptors (Lipinski definition) is 3. The van der Waals surface area contributed by atoms with Crippen LogP contribution in [0.25, 0.3) is 0 Å². The maximum Gasteiger partial charge on any atom is 0.326 e. The van der Waals surface area contributed by atoms with Gasteiger partial charge < -0.3 is 10.0 Å². The smallest absolute Gasteiger partial charge is 0.326 e. The van der Waals surface area contributed by atoms with Crippen LogP contribution < -0.4 is 0 Å². The Labute approximate surface area is 135 Å². The highest BCUT2D eigenvalue weighted by Crippen LogP contribution is 2.41. The molecule has 2 heterocycles. The minimum absolute atomic E-state index is 0.0715. The zero-order chi connectivity index (χ0) is 16.0. The lowest BCUT2D eigenvalue weighted by atomic mass is 9.84. The van der Waals surface area contributed by atoms with Gasteiger partial charge >= 0.3 is 5.97 Å². The largest absolute Gasteiger partial charge is 0.480 e. The van der Waals surface area contributed by atoms with Crippen molar-refractivity contribution >= 4 is 11.9 Å². The minimum Gasteiger partial charge on any atom is -0.480 e. The number of nitrogens with zero attached hydrogens (tertiary/aromatic N) is 2. The minimum atomic E-state index is -0.887. The number of carbonyl (C=O) groups is 2. The van der Waals surface area contributed by atoms with Crippen LogP contribution in [0.15, 0.2) is 18.3 Å². The Morgan fingerprint density at radius 1 is 1.13 bits per heavy atom. The van der Waals surface area contributed by atoms with Crippen molar-refractivity contribution in [3.8, 4) is 0 Å². The summed E-state index contributed by atoms with van der Waals surface area (Å²) in [5.74, 6) is -0.163. The standard InChI is InChI=1S/C18H22N2O3/c21-17(14-8-7-13(10-19-14)11-5-6-11)20-15-4-2-1-3-12(15)9-16(20)18(22)23/h7-8,10-12,15-16H,1-6,9H2,(H,22,23). The monoisotopic (exact) mass is 314 g/mol. The summed E-state index contributed by atoms with van der Waals surface area (Å²) in [6.45, 7) is 0. The first-order valence-corrected chi connectivity index (χ1v) is 8.66. The fourth-order valence-electron chi connectivity index (χ4n) is 4.29.